The fraction of sp³-hybridized carbons (Fsp3) is 0.500. The van der Waals surface area contributed by atoms with E-state index in [0.717, 1.165) is 18.7 Å². The van der Waals surface area contributed by atoms with Crippen molar-refractivity contribution >= 4 is 0 Å². The maximum Gasteiger partial charge on any atom is 0.274 e. The summed E-state index contributed by atoms with van der Waals surface area (Å²) in [5.74, 6) is 1.70. The van der Waals surface area contributed by atoms with E-state index in [4.69, 9.17) is 9.78 Å². The van der Waals surface area contributed by atoms with Crippen molar-refractivity contribution in [3.05, 3.63) is 23.7 Å². The van der Waals surface area contributed by atoms with Crippen molar-refractivity contribution in [2.45, 2.75) is 44.4 Å². The van der Waals surface area contributed by atoms with Gasteiger partial charge >= 0.3 is 0 Å². The van der Waals surface area contributed by atoms with E-state index in [1.54, 1.807) is 12.1 Å². The Bertz CT molecular complexity index is 585. The first-order chi connectivity index (χ1) is 9.36. The number of rotatable bonds is 2. The summed E-state index contributed by atoms with van der Waals surface area (Å²) >= 11 is 0. The Balaban J connectivity index is 1.80. The number of aromatic nitrogens is 3. The first-order valence-electron chi connectivity index (χ1n) is 6.80. The molecule has 0 bridgehead atoms. The number of hydrogen-bond acceptors (Lipinski definition) is 4. The molecule has 0 aliphatic heterocycles. The predicted octanol–water partition coefficient (Wildman–Crippen LogP) is 3.37. The molecule has 2 aromatic heterocycles. The molecule has 0 unspecified atom stereocenters. The molecule has 1 N–H and O–H groups in total. The Kier molecular flexibility index (Phi) is 3.32. The van der Waals surface area contributed by atoms with E-state index >= 15 is 0 Å². The Hall–Kier alpha value is -2.09. The van der Waals surface area contributed by atoms with E-state index in [9.17, 15) is 0 Å². The number of aromatic amines is 1. The lowest BCUT2D eigenvalue weighted by molar-refractivity contribution is 0.409. The van der Waals surface area contributed by atoms with Gasteiger partial charge in [0, 0.05) is 5.92 Å². The number of hydrogen-bond donors (Lipinski definition) is 1. The smallest absolute Gasteiger partial charge is 0.274 e. The highest BCUT2D eigenvalue weighted by atomic mass is 16.5. The molecule has 2 heterocycles. The van der Waals surface area contributed by atoms with Crippen LogP contribution in [-0.4, -0.2) is 15.1 Å². The first kappa shape index (κ1) is 12.0. The van der Waals surface area contributed by atoms with Crippen LogP contribution >= 0.6 is 0 Å². The van der Waals surface area contributed by atoms with Gasteiger partial charge in [0.15, 0.2) is 5.82 Å². The highest BCUT2D eigenvalue weighted by Crippen LogP contribution is 2.30. The van der Waals surface area contributed by atoms with Crippen LogP contribution in [0.4, 0.5) is 0 Å². The molecule has 1 aliphatic rings. The second-order valence-corrected chi connectivity index (χ2v) is 5.04. The molecule has 0 spiro atoms. The summed E-state index contributed by atoms with van der Waals surface area (Å²) in [4.78, 5) is 7.43. The summed E-state index contributed by atoms with van der Waals surface area (Å²) in [7, 11) is 0. The van der Waals surface area contributed by atoms with Gasteiger partial charge in [0.05, 0.1) is 0 Å². The first-order valence-corrected chi connectivity index (χ1v) is 6.80. The van der Waals surface area contributed by atoms with Gasteiger partial charge < -0.3 is 9.51 Å². The SMILES string of the molecule is N#Cc1ccc(-c2nc(C3CCCCCC3)no2)[nH]1. The van der Waals surface area contributed by atoms with Crippen LogP contribution < -0.4 is 0 Å². The van der Waals surface area contributed by atoms with Gasteiger partial charge in [0.1, 0.15) is 17.5 Å². The Morgan fingerprint density at radius 1 is 1.21 bits per heavy atom. The summed E-state index contributed by atoms with van der Waals surface area (Å²) in [5, 5.41) is 12.9. The second kappa shape index (κ2) is 5.27. The zero-order chi connectivity index (χ0) is 13.1. The van der Waals surface area contributed by atoms with Crippen molar-refractivity contribution in [3.8, 4) is 17.7 Å². The molecular weight excluding hydrogens is 240 g/mol. The lowest BCUT2D eigenvalue weighted by atomic mass is 10.00. The van der Waals surface area contributed by atoms with E-state index in [1.807, 2.05) is 0 Å². The highest BCUT2D eigenvalue weighted by molar-refractivity contribution is 5.49. The zero-order valence-corrected chi connectivity index (χ0v) is 10.7. The molecule has 1 fully saturated rings. The lowest BCUT2D eigenvalue weighted by Crippen LogP contribution is -1.99. The van der Waals surface area contributed by atoms with Gasteiger partial charge in [-0.2, -0.15) is 10.2 Å². The van der Waals surface area contributed by atoms with Gasteiger partial charge in [0.2, 0.25) is 0 Å². The molecule has 3 rings (SSSR count). The van der Waals surface area contributed by atoms with Crippen molar-refractivity contribution < 1.29 is 4.52 Å². The van der Waals surface area contributed by atoms with E-state index < -0.39 is 0 Å². The zero-order valence-electron chi connectivity index (χ0n) is 10.7. The number of H-pyrrole nitrogens is 1. The molecule has 0 saturated heterocycles. The Morgan fingerprint density at radius 2 is 2.00 bits per heavy atom. The summed E-state index contributed by atoms with van der Waals surface area (Å²) in [6.07, 6.45) is 7.40. The molecule has 1 aliphatic carbocycles. The van der Waals surface area contributed by atoms with Crippen LogP contribution in [0.2, 0.25) is 0 Å². The minimum Gasteiger partial charge on any atom is -0.342 e. The Labute approximate surface area is 111 Å². The van der Waals surface area contributed by atoms with Crippen molar-refractivity contribution in [1.29, 1.82) is 5.26 Å². The van der Waals surface area contributed by atoms with Crippen molar-refractivity contribution in [2.75, 3.05) is 0 Å². The van der Waals surface area contributed by atoms with E-state index in [-0.39, 0.29) is 0 Å². The highest BCUT2D eigenvalue weighted by Gasteiger charge is 2.20. The van der Waals surface area contributed by atoms with Crippen LogP contribution in [-0.2, 0) is 0 Å². The molecule has 0 atom stereocenters. The summed E-state index contributed by atoms with van der Waals surface area (Å²) in [6.45, 7) is 0. The van der Waals surface area contributed by atoms with Crippen molar-refractivity contribution in [2.24, 2.45) is 0 Å². The largest absolute Gasteiger partial charge is 0.342 e. The molecule has 5 nitrogen and oxygen atoms in total. The van der Waals surface area contributed by atoms with Gasteiger partial charge in [-0.25, -0.2) is 0 Å². The van der Waals surface area contributed by atoms with Gasteiger partial charge in [-0.1, -0.05) is 30.8 Å². The maximum absolute atomic E-state index is 8.79. The summed E-state index contributed by atoms with van der Waals surface area (Å²) in [5.41, 5.74) is 1.22. The van der Waals surface area contributed by atoms with E-state index in [1.165, 1.54) is 25.7 Å². The van der Waals surface area contributed by atoms with Crippen LogP contribution in [0, 0.1) is 11.3 Å². The van der Waals surface area contributed by atoms with Crippen LogP contribution in [0.3, 0.4) is 0 Å². The van der Waals surface area contributed by atoms with E-state index in [2.05, 4.69) is 21.2 Å². The number of nitriles is 1. The summed E-state index contributed by atoms with van der Waals surface area (Å²) < 4.78 is 5.30. The second-order valence-electron chi connectivity index (χ2n) is 5.04. The minimum atomic E-state index is 0.422. The average Bonchev–Trinajstić information content (AvgIpc) is 3.02. The topological polar surface area (TPSA) is 78.5 Å². The fourth-order valence-electron chi connectivity index (χ4n) is 2.63. The normalized spacial score (nSPS) is 17.0. The maximum atomic E-state index is 8.79. The molecule has 0 radical (unpaired) electrons. The number of nitrogens with zero attached hydrogens (tertiary/aromatic N) is 3. The van der Waals surface area contributed by atoms with Crippen LogP contribution in [0.15, 0.2) is 16.7 Å². The third-order valence-corrected chi connectivity index (χ3v) is 3.70. The predicted molar refractivity (Wildman–Crippen MR) is 69.2 cm³/mol. The molecule has 5 heteroatoms. The standard InChI is InChI=1S/C14H16N4O/c15-9-11-7-8-12(16-11)14-17-13(18-19-14)10-5-3-1-2-4-6-10/h7-8,10,16H,1-6H2. The third kappa shape index (κ3) is 2.53. The molecule has 0 aromatic carbocycles. The lowest BCUT2D eigenvalue weighted by Gasteiger charge is -2.07. The molecule has 19 heavy (non-hydrogen) atoms. The molecule has 0 amide bonds. The van der Waals surface area contributed by atoms with E-state index in [0.29, 0.717) is 23.2 Å². The molecule has 1 saturated carbocycles. The van der Waals surface area contributed by atoms with Gasteiger partial charge in [-0.3, -0.25) is 0 Å². The van der Waals surface area contributed by atoms with Crippen molar-refractivity contribution in [3.63, 3.8) is 0 Å². The third-order valence-electron chi connectivity index (χ3n) is 3.70. The number of nitrogens with one attached hydrogen (secondary N) is 1. The van der Waals surface area contributed by atoms with Crippen LogP contribution in [0.25, 0.3) is 11.6 Å². The molecular formula is C14H16N4O. The summed E-state index contributed by atoms with van der Waals surface area (Å²) in [6, 6.07) is 5.56. The van der Waals surface area contributed by atoms with Gasteiger partial charge in [-0.05, 0) is 25.0 Å². The van der Waals surface area contributed by atoms with Gasteiger partial charge in [0.25, 0.3) is 5.89 Å². The van der Waals surface area contributed by atoms with Crippen LogP contribution in [0.1, 0.15) is 56.0 Å². The molecule has 2 aromatic rings. The fourth-order valence-corrected chi connectivity index (χ4v) is 2.63. The molecule has 98 valence electrons. The average molecular weight is 256 g/mol. The van der Waals surface area contributed by atoms with Crippen molar-refractivity contribution in [1.82, 2.24) is 15.1 Å². The van der Waals surface area contributed by atoms with Gasteiger partial charge in [-0.15, -0.1) is 0 Å². The Morgan fingerprint density at radius 3 is 2.68 bits per heavy atom. The quantitative estimate of drug-likeness (QED) is 0.835. The van der Waals surface area contributed by atoms with Crippen LogP contribution in [0.5, 0.6) is 0 Å². The monoisotopic (exact) mass is 256 g/mol. The minimum absolute atomic E-state index is 0.422.